The number of benzene rings is 1. The van der Waals surface area contributed by atoms with Gasteiger partial charge in [-0.2, -0.15) is 0 Å². The fraction of sp³-hybridized carbons (Fsp3) is 0.667. The van der Waals surface area contributed by atoms with Gasteiger partial charge in [0.1, 0.15) is 18.8 Å². The quantitative estimate of drug-likeness (QED) is 0.629. The number of nitro benzene ring substituents is 1. The van der Waals surface area contributed by atoms with Crippen molar-refractivity contribution in [2.45, 2.75) is 51.5 Å². The van der Waals surface area contributed by atoms with Gasteiger partial charge in [-0.05, 0) is 68.6 Å². The van der Waals surface area contributed by atoms with Crippen LogP contribution in [0, 0.1) is 33.3 Å². The number of ether oxygens (including phenoxy) is 2. The Kier molecular flexibility index (Phi) is 4.03. The van der Waals surface area contributed by atoms with E-state index >= 15 is 0 Å². The number of fused-ring (bicyclic) bond motifs is 1. The van der Waals surface area contributed by atoms with Crippen LogP contribution < -0.4 is 14.8 Å². The number of nitrogens with zero attached hydrogens (tertiary/aromatic N) is 1. The molecular formula is C21H26N2O5. The molecule has 4 fully saturated rings. The summed E-state index contributed by atoms with van der Waals surface area (Å²) in [5.41, 5.74) is -0.0437. The minimum atomic E-state index is -0.525. The lowest BCUT2D eigenvalue weighted by Crippen LogP contribution is -2.55. The van der Waals surface area contributed by atoms with E-state index in [-0.39, 0.29) is 22.7 Å². The normalized spacial score (nSPS) is 33.4. The van der Waals surface area contributed by atoms with E-state index in [1.54, 1.807) is 0 Å². The molecule has 5 aliphatic rings. The van der Waals surface area contributed by atoms with Crippen molar-refractivity contribution in [2.24, 2.45) is 23.2 Å². The fourth-order valence-corrected chi connectivity index (χ4v) is 6.55. The summed E-state index contributed by atoms with van der Waals surface area (Å²) in [5, 5.41) is 14.7. The van der Waals surface area contributed by atoms with E-state index in [1.165, 1.54) is 50.7 Å². The number of nitro groups is 1. The molecule has 1 N–H and O–H groups in total. The molecule has 1 amide bonds. The topological polar surface area (TPSA) is 90.7 Å². The Bertz CT molecular complexity index is 801. The Morgan fingerprint density at radius 3 is 2.18 bits per heavy atom. The zero-order valence-corrected chi connectivity index (χ0v) is 16.1. The Morgan fingerprint density at radius 2 is 1.64 bits per heavy atom. The molecule has 0 aromatic heterocycles. The second-order valence-corrected chi connectivity index (χ2v) is 9.25. The zero-order valence-electron chi connectivity index (χ0n) is 16.1. The Morgan fingerprint density at radius 1 is 1.11 bits per heavy atom. The first-order valence-corrected chi connectivity index (χ1v) is 10.3. The van der Waals surface area contributed by atoms with Crippen molar-refractivity contribution in [1.82, 2.24) is 5.32 Å². The fourth-order valence-electron chi connectivity index (χ4n) is 6.55. The van der Waals surface area contributed by atoms with Gasteiger partial charge in [-0.3, -0.25) is 14.9 Å². The van der Waals surface area contributed by atoms with Crippen molar-refractivity contribution < 1.29 is 19.2 Å². The maximum atomic E-state index is 13.0. The smallest absolute Gasteiger partial charge is 0.286 e. The second kappa shape index (κ2) is 6.36. The van der Waals surface area contributed by atoms with E-state index in [2.05, 4.69) is 12.2 Å². The van der Waals surface area contributed by atoms with Gasteiger partial charge in [-0.25, -0.2) is 0 Å². The molecule has 0 radical (unpaired) electrons. The van der Waals surface area contributed by atoms with Crippen LogP contribution in [-0.2, 0) is 0 Å². The predicted molar refractivity (Wildman–Crippen MR) is 102 cm³/mol. The highest BCUT2D eigenvalue weighted by atomic mass is 16.6. The molecule has 4 saturated carbocycles. The van der Waals surface area contributed by atoms with Crippen LogP contribution in [0.3, 0.4) is 0 Å². The Labute approximate surface area is 163 Å². The molecule has 7 nitrogen and oxygen atoms in total. The number of nitrogens with one attached hydrogen (secondary N) is 1. The van der Waals surface area contributed by atoms with E-state index in [1.807, 2.05) is 0 Å². The van der Waals surface area contributed by atoms with Crippen LogP contribution in [0.15, 0.2) is 12.1 Å². The highest BCUT2D eigenvalue weighted by Gasteiger charge is 2.53. The molecule has 1 aromatic carbocycles. The first-order chi connectivity index (χ1) is 13.4. The maximum absolute atomic E-state index is 13.0. The summed E-state index contributed by atoms with van der Waals surface area (Å²) >= 11 is 0. The van der Waals surface area contributed by atoms with Gasteiger partial charge in [-0.1, -0.05) is 0 Å². The standard InChI is InChI=1S/C21H26N2O5/c1-12(21-9-13-4-14(10-21)6-15(5-13)11-21)22-20(24)16-7-18-19(28-3-2-27-18)8-17(16)23(25)26/h7-8,12-15H,2-6,9-11H2,1H3,(H,22,24)/t12-,13?,14?,15?,21?/m1/s1. The molecule has 1 atom stereocenters. The molecule has 7 heteroatoms. The number of carbonyl (C=O) groups is 1. The van der Waals surface area contributed by atoms with Crippen molar-refractivity contribution in [3.63, 3.8) is 0 Å². The van der Waals surface area contributed by atoms with Gasteiger partial charge in [0, 0.05) is 12.1 Å². The molecule has 150 valence electrons. The molecule has 0 saturated heterocycles. The van der Waals surface area contributed by atoms with Gasteiger partial charge in [0.15, 0.2) is 11.5 Å². The average Bonchev–Trinajstić information content (AvgIpc) is 2.65. The third kappa shape index (κ3) is 2.83. The number of carbonyl (C=O) groups excluding carboxylic acids is 1. The summed E-state index contributed by atoms with van der Waals surface area (Å²) < 4.78 is 11.0. The maximum Gasteiger partial charge on any atom is 0.286 e. The average molecular weight is 386 g/mol. The van der Waals surface area contributed by atoms with Gasteiger partial charge >= 0.3 is 0 Å². The Hall–Kier alpha value is -2.31. The molecule has 4 aliphatic carbocycles. The summed E-state index contributed by atoms with van der Waals surface area (Å²) in [4.78, 5) is 24.1. The van der Waals surface area contributed by atoms with Gasteiger partial charge in [0.2, 0.25) is 0 Å². The summed E-state index contributed by atoms with van der Waals surface area (Å²) in [6, 6.07) is 2.76. The van der Waals surface area contributed by atoms with Crippen molar-refractivity contribution in [3.05, 3.63) is 27.8 Å². The number of rotatable bonds is 4. The summed E-state index contributed by atoms with van der Waals surface area (Å²) in [6.45, 7) is 2.79. The molecule has 0 unspecified atom stereocenters. The molecule has 1 aromatic rings. The lowest BCUT2D eigenvalue weighted by atomic mass is 9.48. The summed E-state index contributed by atoms with van der Waals surface area (Å²) in [5.74, 6) is 2.68. The molecule has 28 heavy (non-hydrogen) atoms. The van der Waals surface area contributed by atoms with Crippen LogP contribution in [-0.4, -0.2) is 30.1 Å². The van der Waals surface area contributed by atoms with E-state index in [9.17, 15) is 14.9 Å². The SMILES string of the molecule is C[C@@H](NC(=O)c1cc2c(cc1[N+](=O)[O-])OCCO2)C12CC3CC(CC(C3)C1)C2. The van der Waals surface area contributed by atoms with E-state index in [0.29, 0.717) is 24.7 Å². The van der Waals surface area contributed by atoms with Crippen molar-refractivity contribution in [3.8, 4) is 11.5 Å². The summed E-state index contributed by atoms with van der Waals surface area (Å²) in [6.07, 6.45) is 7.53. The first-order valence-electron chi connectivity index (χ1n) is 10.3. The van der Waals surface area contributed by atoms with Crippen LogP contribution in [0.2, 0.25) is 0 Å². The largest absolute Gasteiger partial charge is 0.486 e. The third-order valence-electron chi connectivity index (χ3n) is 7.45. The molecular weight excluding hydrogens is 360 g/mol. The van der Waals surface area contributed by atoms with Crippen LogP contribution in [0.25, 0.3) is 0 Å². The lowest BCUT2D eigenvalue weighted by molar-refractivity contribution is -0.385. The predicted octanol–water partition coefficient (Wildman–Crippen LogP) is 3.70. The minimum Gasteiger partial charge on any atom is -0.486 e. The molecule has 1 heterocycles. The van der Waals surface area contributed by atoms with E-state index < -0.39 is 10.8 Å². The highest BCUT2D eigenvalue weighted by Crippen LogP contribution is 2.61. The summed E-state index contributed by atoms with van der Waals surface area (Å²) in [7, 11) is 0. The molecule has 4 bridgehead atoms. The number of hydrogen-bond donors (Lipinski definition) is 1. The highest BCUT2D eigenvalue weighted by molar-refractivity contribution is 5.99. The van der Waals surface area contributed by atoms with Crippen molar-refractivity contribution in [1.29, 1.82) is 0 Å². The minimum absolute atomic E-state index is 0.00112. The van der Waals surface area contributed by atoms with Gasteiger partial charge in [0.25, 0.3) is 11.6 Å². The van der Waals surface area contributed by atoms with Gasteiger partial charge in [-0.15, -0.1) is 0 Å². The van der Waals surface area contributed by atoms with Crippen molar-refractivity contribution >= 4 is 11.6 Å². The van der Waals surface area contributed by atoms with E-state index in [0.717, 1.165) is 17.8 Å². The van der Waals surface area contributed by atoms with Crippen LogP contribution >= 0.6 is 0 Å². The van der Waals surface area contributed by atoms with Gasteiger partial charge in [0.05, 0.1) is 11.0 Å². The zero-order chi connectivity index (χ0) is 19.5. The Balaban J connectivity index is 1.40. The first kappa shape index (κ1) is 17.8. The second-order valence-electron chi connectivity index (χ2n) is 9.25. The van der Waals surface area contributed by atoms with Crippen molar-refractivity contribution in [2.75, 3.05) is 13.2 Å². The number of amides is 1. The van der Waals surface area contributed by atoms with Crippen LogP contribution in [0.1, 0.15) is 55.8 Å². The molecule has 6 rings (SSSR count). The van der Waals surface area contributed by atoms with E-state index in [4.69, 9.17) is 9.47 Å². The van der Waals surface area contributed by atoms with Gasteiger partial charge < -0.3 is 14.8 Å². The molecule has 0 spiro atoms. The third-order valence-corrected chi connectivity index (χ3v) is 7.45. The van der Waals surface area contributed by atoms with Crippen LogP contribution in [0.5, 0.6) is 11.5 Å². The van der Waals surface area contributed by atoms with Crippen LogP contribution in [0.4, 0.5) is 5.69 Å². The number of hydrogen-bond acceptors (Lipinski definition) is 5. The lowest BCUT2D eigenvalue weighted by Gasteiger charge is -2.59. The monoisotopic (exact) mass is 386 g/mol. The molecule has 1 aliphatic heterocycles.